The Morgan fingerprint density at radius 2 is 1.71 bits per heavy atom. The molecule has 0 unspecified atom stereocenters. The van der Waals surface area contributed by atoms with Crippen molar-refractivity contribution in [2.24, 2.45) is 0 Å². The van der Waals surface area contributed by atoms with Gasteiger partial charge in [0, 0.05) is 4.47 Å². The molecule has 0 aliphatic rings. The van der Waals surface area contributed by atoms with Crippen LogP contribution in [0.15, 0.2) is 53.0 Å². The predicted octanol–water partition coefficient (Wildman–Crippen LogP) is 4.72. The molecule has 0 aromatic heterocycles. The van der Waals surface area contributed by atoms with Gasteiger partial charge in [-0.2, -0.15) is 13.2 Å². The van der Waals surface area contributed by atoms with E-state index in [-0.39, 0.29) is 24.3 Å². The monoisotopic (exact) mass is 401 g/mol. The molecule has 7 heteroatoms. The second kappa shape index (κ2) is 7.70. The zero-order valence-electron chi connectivity index (χ0n) is 12.7. The van der Waals surface area contributed by atoms with Crippen molar-refractivity contribution in [3.8, 4) is 5.75 Å². The van der Waals surface area contributed by atoms with Crippen molar-refractivity contribution >= 4 is 21.8 Å². The van der Waals surface area contributed by atoms with Crippen LogP contribution in [0.1, 0.15) is 24.1 Å². The molecular weight excluding hydrogens is 387 g/mol. The number of nitrogens with one attached hydrogen (secondary N) is 1. The Morgan fingerprint density at radius 1 is 1.12 bits per heavy atom. The summed E-state index contributed by atoms with van der Waals surface area (Å²) in [5.41, 5.74) is 0.171. The highest BCUT2D eigenvalue weighted by molar-refractivity contribution is 9.10. The van der Waals surface area contributed by atoms with Crippen LogP contribution in [0.25, 0.3) is 0 Å². The van der Waals surface area contributed by atoms with Crippen molar-refractivity contribution in [2.75, 3.05) is 6.61 Å². The molecular formula is C17H15BrF3NO2. The fourth-order valence-corrected chi connectivity index (χ4v) is 2.27. The lowest BCUT2D eigenvalue weighted by Gasteiger charge is -2.15. The van der Waals surface area contributed by atoms with Crippen LogP contribution < -0.4 is 10.1 Å². The summed E-state index contributed by atoms with van der Waals surface area (Å²) in [7, 11) is 0. The highest BCUT2D eigenvalue weighted by Gasteiger charge is 2.30. The van der Waals surface area contributed by atoms with Gasteiger partial charge in [0.15, 0.2) is 6.61 Å². The molecule has 0 saturated carbocycles. The van der Waals surface area contributed by atoms with Gasteiger partial charge in [0.25, 0.3) is 5.91 Å². The van der Waals surface area contributed by atoms with Gasteiger partial charge in [-0.3, -0.25) is 4.79 Å². The quantitative estimate of drug-likeness (QED) is 0.786. The maximum atomic E-state index is 12.5. The zero-order valence-corrected chi connectivity index (χ0v) is 14.3. The molecule has 2 aromatic rings. The van der Waals surface area contributed by atoms with Crippen LogP contribution in [-0.2, 0) is 11.0 Å². The average Bonchev–Trinajstić information content (AvgIpc) is 2.53. The van der Waals surface area contributed by atoms with E-state index >= 15 is 0 Å². The number of rotatable bonds is 5. The molecule has 0 aliphatic heterocycles. The molecule has 128 valence electrons. The molecule has 3 nitrogen and oxygen atoms in total. The third kappa shape index (κ3) is 5.26. The summed E-state index contributed by atoms with van der Waals surface area (Å²) >= 11 is 3.34. The molecule has 1 N–H and O–H groups in total. The Hall–Kier alpha value is -2.02. The van der Waals surface area contributed by atoms with Crippen LogP contribution in [0.5, 0.6) is 5.75 Å². The Bertz CT molecular complexity index is 684. The molecule has 0 bridgehead atoms. The summed E-state index contributed by atoms with van der Waals surface area (Å²) in [4.78, 5) is 11.9. The summed E-state index contributed by atoms with van der Waals surface area (Å²) < 4.78 is 43.5. The lowest BCUT2D eigenvalue weighted by molar-refractivity contribution is -0.137. The molecule has 1 amide bonds. The van der Waals surface area contributed by atoms with Gasteiger partial charge < -0.3 is 10.1 Å². The Balaban J connectivity index is 1.85. The lowest BCUT2D eigenvalue weighted by Crippen LogP contribution is -2.31. The standard InChI is InChI=1S/C17H15BrF3NO2/c1-11(12-2-6-14(18)7-3-12)22-16(23)10-24-15-8-4-13(5-9-15)17(19,20)21/h2-9,11H,10H2,1H3,(H,22,23)/t11-/m0/s1. The Labute approximate surface area is 146 Å². The molecule has 0 heterocycles. The molecule has 0 spiro atoms. The van der Waals surface area contributed by atoms with Crippen molar-refractivity contribution in [2.45, 2.75) is 19.1 Å². The Kier molecular flexibility index (Phi) is 5.88. The van der Waals surface area contributed by atoms with Gasteiger partial charge in [-0.15, -0.1) is 0 Å². The molecule has 1 atom stereocenters. The first-order chi connectivity index (χ1) is 11.3. The van der Waals surface area contributed by atoms with E-state index in [9.17, 15) is 18.0 Å². The van der Waals surface area contributed by atoms with E-state index in [4.69, 9.17) is 4.74 Å². The molecule has 0 radical (unpaired) electrons. The number of halogens is 4. The van der Waals surface area contributed by atoms with Gasteiger partial charge in [-0.05, 0) is 48.9 Å². The topological polar surface area (TPSA) is 38.3 Å². The summed E-state index contributed by atoms with van der Waals surface area (Å²) in [5, 5.41) is 2.76. The number of ether oxygens (including phenoxy) is 1. The van der Waals surface area contributed by atoms with E-state index in [2.05, 4.69) is 21.2 Å². The highest BCUT2D eigenvalue weighted by Crippen LogP contribution is 2.30. The molecule has 24 heavy (non-hydrogen) atoms. The number of hydrogen-bond acceptors (Lipinski definition) is 2. The van der Waals surface area contributed by atoms with Crippen molar-refractivity contribution < 1.29 is 22.7 Å². The number of alkyl halides is 3. The first-order valence-corrected chi connectivity index (χ1v) is 7.90. The van der Waals surface area contributed by atoms with Crippen molar-refractivity contribution in [3.05, 3.63) is 64.1 Å². The molecule has 2 aromatic carbocycles. The zero-order chi connectivity index (χ0) is 17.7. The van der Waals surface area contributed by atoms with Crippen molar-refractivity contribution in [1.29, 1.82) is 0 Å². The van der Waals surface area contributed by atoms with E-state index in [0.29, 0.717) is 0 Å². The van der Waals surface area contributed by atoms with Crippen LogP contribution >= 0.6 is 15.9 Å². The SMILES string of the molecule is C[C@H](NC(=O)COc1ccc(C(F)(F)F)cc1)c1ccc(Br)cc1. The van der Waals surface area contributed by atoms with Gasteiger partial charge in [0.05, 0.1) is 11.6 Å². The summed E-state index contributed by atoms with van der Waals surface area (Å²) in [6.07, 6.45) is -4.39. The van der Waals surface area contributed by atoms with Crippen LogP contribution in [0.3, 0.4) is 0 Å². The number of benzene rings is 2. The van der Waals surface area contributed by atoms with Gasteiger partial charge in [0.2, 0.25) is 0 Å². The molecule has 2 rings (SSSR count). The fraction of sp³-hybridized carbons (Fsp3) is 0.235. The van der Waals surface area contributed by atoms with Crippen LogP contribution in [0, 0.1) is 0 Å². The maximum Gasteiger partial charge on any atom is 0.416 e. The minimum Gasteiger partial charge on any atom is -0.484 e. The van der Waals surface area contributed by atoms with Crippen molar-refractivity contribution in [1.82, 2.24) is 5.32 Å². The number of carbonyl (C=O) groups excluding carboxylic acids is 1. The van der Waals surface area contributed by atoms with Crippen molar-refractivity contribution in [3.63, 3.8) is 0 Å². The highest BCUT2D eigenvalue weighted by atomic mass is 79.9. The van der Waals surface area contributed by atoms with E-state index in [0.717, 1.165) is 22.2 Å². The van der Waals surface area contributed by atoms with E-state index < -0.39 is 11.7 Å². The van der Waals surface area contributed by atoms with Gasteiger partial charge in [-0.25, -0.2) is 0 Å². The first-order valence-electron chi connectivity index (χ1n) is 7.10. The van der Waals surface area contributed by atoms with E-state index in [1.165, 1.54) is 12.1 Å². The Morgan fingerprint density at radius 3 is 2.25 bits per heavy atom. The second-order valence-electron chi connectivity index (χ2n) is 5.15. The van der Waals surface area contributed by atoms with Crippen LogP contribution in [0.2, 0.25) is 0 Å². The van der Waals surface area contributed by atoms with E-state index in [1.54, 1.807) is 0 Å². The van der Waals surface area contributed by atoms with E-state index in [1.807, 2.05) is 31.2 Å². The molecule has 0 saturated heterocycles. The first kappa shape index (κ1) is 18.3. The number of carbonyl (C=O) groups is 1. The second-order valence-corrected chi connectivity index (χ2v) is 6.07. The number of hydrogen-bond donors (Lipinski definition) is 1. The maximum absolute atomic E-state index is 12.5. The minimum atomic E-state index is -4.39. The minimum absolute atomic E-state index is 0.203. The third-order valence-corrected chi connectivity index (χ3v) is 3.83. The predicted molar refractivity (Wildman–Crippen MR) is 87.6 cm³/mol. The van der Waals surface area contributed by atoms with Crippen LogP contribution in [-0.4, -0.2) is 12.5 Å². The smallest absolute Gasteiger partial charge is 0.416 e. The average molecular weight is 402 g/mol. The fourth-order valence-electron chi connectivity index (χ4n) is 2.01. The number of amides is 1. The van der Waals surface area contributed by atoms with Gasteiger partial charge in [-0.1, -0.05) is 28.1 Å². The normalized spacial score (nSPS) is 12.5. The molecule has 0 aliphatic carbocycles. The largest absolute Gasteiger partial charge is 0.484 e. The molecule has 0 fully saturated rings. The summed E-state index contributed by atoms with van der Waals surface area (Å²) in [6.45, 7) is 1.56. The van der Waals surface area contributed by atoms with Crippen LogP contribution in [0.4, 0.5) is 13.2 Å². The summed E-state index contributed by atoms with van der Waals surface area (Å²) in [5.74, 6) is -0.153. The van der Waals surface area contributed by atoms with Gasteiger partial charge in [0.1, 0.15) is 5.75 Å². The third-order valence-electron chi connectivity index (χ3n) is 3.30. The van der Waals surface area contributed by atoms with Gasteiger partial charge >= 0.3 is 6.18 Å². The lowest BCUT2D eigenvalue weighted by atomic mass is 10.1. The summed E-state index contributed by atoms with van der Waals surface area (Å²) in [6, 6.07) is 11.5.